The first kappa shape index (κ1) is 17.3. The van der Waals surface area contributed by atoms with E-state index < -0.39 is 17.2 Å². The summed E-state index contributed by atoms with van der Waals surface area (Å²) >= 11 is 0. The van der Waals surface area contributed by atoms with Gasteiger partial charge in [0, 0.05) is 31.3 Å². The second kappa shape index (κ2) is 7.49. The van der Waals surface area contributed by atoms with Gasteiger partial charge in [-0.2, -0.15) is 0 Å². The Morgan fingerprint density at radius 1 is 1.13 bits per heavy atom. The van der Waals surface area contributed by atoms with E-state index in [4.69, 9.17) is 0 Å². The molecule has 0 amide bonds. The number of halogens is 2. The van der Waals surface area contributed by atoms with Crippen LogP contribution in [0.5, 0.6) is 0 Å². The summed E-state index contributed by atoms with van der Waals surface area (Å²) in [4.78, 5) is 1.91. The lowest BCUT2D eigenvalue weighted by atomic mass is 10.1. The highest BCUT2D eigenvalue weighted by Crippen LogP contribution is 2.17. The van der Waals surface area contributed by atoms with Crippen molar-refractivity contribution in [3.8, 4) is 0 Å². The van der Waals surface area contributed by atoms with E-state index in [2.05, 4.69) is 6.58 Å². The van der Waals surface area contributed by atoms with Gasteiger partial charge in [0.15, 0.2) is 0 Å². The average molecular weight is 317 g/mol. The number of hydrogen-bond donors (Lipinski definition) is 1. The summed E-state index contributed by atoms with van der Waals surface area (Å²) in [7, 11) is 0. The summed E-state index contributed by atoms with van der Waals surface area (Å²) in [5, 5.41) is 10.2. The fourth-order valence-electron chi connectivity index (χ4n) is 2.42. The van der Waals surface area contributed by atoms with E-state index in [1.165, 1.54) is 18.2 Å². The van der Waals surface area contributed by atoms with E-state index in [0.717, 1.165) is 11.6 Å². The molecule has 122 valence electrons. The third kappa shape index (κ3) is 5.27. The molecule has 4 heteroatoms. The Hall–Kier alpha value is -2.04. The number of rotatable bonds is 7. The van der Waals surface area contributed by atoms with Crippen molar-refractivity contribution in [1.82, 2.24) is 4.90 Å². The van der Waals surface area contributed by atoms with Crippen LogP contribution in [0.15, 0.2) is 61.2 Å². The number of benzene rings is 2. The van der Waals surface area contributed by atoms with E-state index in [0.29, 0.717) is 18.7 Å². The minimum absolute atomic E-state index is 0.269. The minimum Gasteiger partial charge on any atom is -0.385 e. The van der Waals surface area contributed by atoms with Crippen molar-refractivity contribution >= 4 is 0 Å². The molecule has 1 atom stereocenters. The molecule has 0 aliphatic carbocycles. The van der Waals surface area contributed by atoms with Gasteiger partial charge in [-0.1, -0.05) is 42.5 Å². The fourth-order valence-corrected chi connectivity index (χ4v) is 2.42. The van der Waals surface area contributed by atoms with Gasteiger partial charge in [-0.15, -0.1) is 6.58 Å². The molecule has 0 saturated carbocycles. The van der Waals surface area contributed by atoms with Crippen LogP contribution < -0.4 is 0 Å². The molecule has 0 aliphatic rings. The van der Waals surface area contributed by atoms with Crippen LogP contribution in [0.3, 0.4) is 0 Å². The molecule has 2 rings (SSSR count). The van der Waals surface area contributed by atoms with Gasteiger partial charge in [0.1, 0.15) is 11.6 Å². The summed E-state index contributed by atoms with van der Waals surface area (Å²) in [6.07, 6.45) is 1.46. The zero-order chi connectivity index (χ0) is 16.9. The molecule has 0 bridgehead atoms. The van der Waals surface area contributed by atoms with E-state index >= 15 is 0 Å². The van der Waals surface area contributed by atoms with Crippen molar-refractivity contribution in [2.75, 3.05) is 6.54 Å². The topological polar surface area (TPSA) is 23.5 Å². The zero-order valence-electron chi connectivity index (χ0n) is 13.2. The molecule has 2 aromatic carbocycles. The van der Waals surface area contributed by atoms with Crippen molar-refractivity contribution in [2.24, 2.45) is 0 Å². The van der Waals surface area contributed by atoms with Crippen LogP contribution in [0.2, 0.25) is 0 Å². The molecule has 1 unspecified atom stereocenters. The smallest absolute Gasteiger partial charge is 0.130 e. The maximum Gasteiger partial charge on any atom is 0.130 e. The molecular formula is C19H21F2NO. The summed E-state index contributed by atoms with van der Waals surface area (Å²) in [5.41, 5.74) is 0.350. The molecule has 0 aliphatic heterocycles. The molecular weight excluding hydrogens is 296 g/mol. The first-order valence-corrected chi connectivity index (χ1v) is 7.46. The van der Waals surface area contributed by atoms with Crippen LogP contribution in [0.4, 0.5) is 8.78 Å². The Morgan fingerprint density at radius 3 is 2.43 bits per heavy atom. The van der Waals surface area contributed by atoms with Gasteiger partial charge in [-0.25, -0.2) is 8.78 Å². The van der Waals surface area contributed by atoms with Crippen LogP contribution in [0, 0.1) is 11.6 Å². The lowest BCUT2D eigenvalue weighted by Gasteiger charge is -2.29. The molecule has 1 N–H and O–H groups in total. The van der Waals surface area contributed by atoms with E-state index in [1.807, 2.05) is 35.2 Å². The molecule has 0 radical (unpaired) electrons. The Balaban J connectivity index is 2.20. The first-order valence-electron chi connectivity index (χ1n) is 7.46. The van der Waals surface area contributed by atoms with E-state index in [1.54, 1.807) is 6.92 Å². The molecule has 2 aromatic rings. The zero-order valence-corrected chi connectivity index (χ0v) is 13.2. The highest BCUT2D eigenvalue weighted by atomic mass is 19.1. The summed E-state index contributed by atoms with van der Waals surface area (Å²) in [5.74, 6) is -1.18. The van der Waals surface area contributed by atoms with Crippen molar-refractivity contribution < 1.29 is 13.9 Å². The number of aliphatic hydroxyl groups is 1. The third-order valence-electron chi connectivity index (χ3n) is 3.64. The van der Waals surface area contributed by atoms with Crippen LogP contribution in [-0.4, -0.2) is 22.2 Å². The highest BCUT2D eigenvalue weighted by molar-refractivity contribution is 5.20. The van der Waals surface area contributed by atoms with Crippen LogP contribution >= 0.6 is 0 Å². The fraction of sp³-hybridized carbons (Fsp3) is 0.263. The standard InChI is InChI=1S/C19H21F2NO/c1-3-19(2,23)14-22(12-15-7-5-4-6-8-15)13-16-9-10-17(20)11-18(16)21/h3-11,23H,1,12-14H2,2H3. The predicted molar refractivity (Wildman–Crippen MR) is 87.7 cm³/mol. The highest BCUT2D eigenvalue weighted by Gasteiger charge is 2.21. The quantitative estimate of drug-likeness (QED) is 0.783. The van der Waals surface area contributed by atoms with Gasteiger partial charge in [-0.05, 0) is 18.6 Å². The SMILES string of the molecule is C=CC(C)(O)CN(Cc1ccccc1)Cc1ccc(F)cc1F. The maximum atomic E-state index is 13.9. The first-order chi connectivity index (χ1) is 10.9. The molecule has 0 spiro atoms. The summed E-state index contributed by atoms with van der Waals surface area (Å²) in [6.45, 7) is 6.39. The molecule has 0 saturated heterocycles. The molecule has 2 nitrogen and oxygen atoms in total. The third-order valence-corrected chi connectivity index (χ3v) is 3.64. The largest absolute Gasteiger partial charge is 0.385 e. The van der Waals surface area contributed by atoms with Gasteiger partial charge >= 0.3 is 0 Å². The molecule has 0 fully saturated rings. The minimum atomic E-state index is -1.09. The Kier molecular flexibility index (Phi) is 5.64. The van der Waals surface area contributed by atoms with Crippen molar-refractivity contribution in [2.45, 2.75) is 25.6 Å². The van der Waals surface area contributed by atoms with Crippen molar-refractivity contribution in [1.29, 1.82) is 0 Å². The Labute approximate surface area is 135 Å². The van der Waals surface area contributed by atoms with E-state index in [9.17, 15) is 13.9 Å². The van der Waals surface area contributed by atoms with Crippen molar-refractivity contribution in [3.63, 3.8) is 0 Å². The van der Waals surface area contributed by atoms with Gasteiger partial charge < -0.3 is 5.11 Å². The van der Waals surface area contributed by atoms with Gasteiger partial charge in [0.25, 0.3) is 0 Å². The number of hydrogen-bond acceptors (Lipinski definition) is 2. The van der Waals surface area contributed by atoms with Gasteiger partial charge in [0.2, 0.25) is 0 Å². The second-order valence-corrected chi connectivity index (χ2v) is 5.93. The van der Waals surface area contributed by atoms with Gasteiger partial charge in [-0.3, -0.25) is 4.90 Å². The van der Waals surface area contributed by atoms with Crippen LogP contribution in [0.1, 0.15) is 18.1 Å². The Bertz CT molecular complexity index is 656. The predicted octanol–water partition coefficient (Wildman–Crippen LogP) is 3.90. The van der Waals surface area contributed by atoms with Gasteiger partial charge in [0.05, 0.1) is 5.60 Å². The molecule has 0 aromatic heterocycles. The maximum absolute atomic E-state index is 13.9. The molecule has 23 heavy (non-hydrogen) atoms. The monoisotopic (exact) mass is 317 g/mol. The Morgan fingerprint density at radius 2 is 1.83 bits per heavy atom. The van der Waals surface area contributed by atoms with Crippen LogP contribution in [-0.2, 0) is 13.1 Å². The van der Waals surface area contributed by atoms with Crippen molar-refractivity contribution in [3.05, 3.63) is 83.9 Å². The average Bonchev–Trinajstić information content (AvgIpc) is 2.51. The summed E-state index contributed by atoms with van der Waals surface area (Å²) in [6, 6.07) is 13.3. The lowest BCUT2D eigenvalue weighted by Crippen LogP contribution is -2.38. The summed E-state index contributed by atoms with van der Waals surface area (Å²) < 4.78 is 27.0. The normalized spacial score (nSPS) is 13.8. The van der Waals surface area contributed by atoms with E-state index in [-0.39, 0.29) is 6.54 Å². The second-order valence-electron chi connectivity index (χ2n) is 5.93. The van der Waals surface area contributed by atoms with Crippen LogP contribution in [0.25, 0.3) is 0 Å². The lowest BCUT2D eigenvalue weighted by molar-refractivity contribution is 0.0551. The molecule has 0 heterocycles. The number of nitrogens with zero attached hydrogens (tertiary/aromatic N) is 1.